The molecule has 37 heavy (non-hydrogen) atoms. The van der Waals surface area contributed by atoms with Gasteiger partial charge in [-0.1, -0.05) is 36.4 Å². The van der Waals surface area contributed by atoms with Crippen LogP contribution in [0.1, 0.15) is 66.3 Å². The standard InChI is InChI=1S/C31H31NO5/c1-17-14-24(19(3)32-26-13-8-7-12-23(26)30(35)36)29-25(15-17)27(34)18(2)28(37-29)21-10-9-11-22(16-21)31(5,6)20(4)33/h7-16,19,32H,1-6H3,(H,35,36)/t19-/m1/s1. The van der Waals surface area contributed by atoms with Crippen molar-refractivity contribution in [1.82, 2.24) is 0 Å². The van der Waals surface area contributed by atoms with Gasteiger partial charge in [-0.2, -0.15) is 0 Å². The normalized spacial score (nSPS) is 12.4. The highest BCUT2D eigenvalue weighted by Crippen LogP contribution is 2.34. The van der Waals surface area contributed by atoms with E-state index >= 15 is 0 Å². The summed E-state index contributed by atoms with van der Waals surface area (Å²) in [6.45, 7) is 10.9. The highest BCUT2D eigenvalue weighted by molar-refractivity contribution is 5.94. The minimum absolute atomic E-state index is 0.0423. The van der Waals surface area contributed by atoms with Gasteiger partial charge in [-0.3, -0.25) is 9.59 Å². The first-order valence-electron chi connectivity index (χ1n) is 12.2. The third-order valence-corrected chi connectivity index (χ3v) is 7.11. The second kappa shape index (κ2) is 9.69. The maximum Gasteiger partial charge on any atom is 0.337 e. The number of carbonyl (C=O) groups excluding carboxylic acids is 1. The van der Waals surface area contributed by atoms with Crippen molar-refractivity contribution in [3.8, 4) is 11.3 Å². The van der Waals surface area contributed by atoms with E-state index in [1.165, 1.54) is 0 Å². The lowest BCUT2D eigenvalue weighted by atomic mass is 9.80. The van der Waals surface area contributed by atoms with Crippen molar-refractivity contribution in [1.29, 1.82) is 0 Å². The molecule has 0 aliphatic carbocycles. The van der Waals surface area contributed by atoms with Crippen LogP contribution in [-0.4, -0.2) is 16.9 Å². The summed E-state index contributed by atoms with van der Waals surface area (Å²) in [6, 6.07) is 17.6. The largest absolute Gasteiger partial charge is 0.478 e. The van der Waals surface area contributed by atoms with E-state index in [2.05, 4.69) is 5.32 Å². The zero-order valence-electron chi connectivity index (χ0n) is 21.9. The summed E-state index contributed by atoms with van der Waals surface area (Å²) in [4.78, 5) is 37.5. The van der Waals surface area contributed by atoms with Gasteiger partial charge in [-0.05, 0) is 76.9 Å². The zero-order chi connectivity index (χ0) is 27.1. The molecule has 0 radical (unpaired) electrons. The smallest absolute Gasteiger partial charge is 0.337 e. The third-order valence-electron chi connectivity index (χ3n) is 7.11. The van der Waals surface area contributed by atoms with Crippen molar-refractivity contribution in [2.24, 2.45) is 0 Å². The Kier molecular flexibility index (Phi) is 6.78. The quantitative estimate of drug-likeness (QED) is 0.291. The molecular weight excluding hydrogens is 466 g/mol. The van der Waals surface area contributed by atoms with E-state index in [9.17, 15) is 19.5 Å². The van der Waals surface area contributed by atoms with Crippen molar-refractivity contribution in [3.05, 3.63) is 98.7 Å². The van der Waals surface area contributed by atoms with Crippen LogP contribution in [0.5, 0.6) is 0 Å². The summed E-state index contributed by atoms with van der Waals surface area (Å²) < 4.78 is 6.47. The summed E-state index contributed by atoms with van der Waals surface area (Å²) in [7, 11) is 0. The van der Waals surface area contributed by atoms with Gasteiger partial charge in [0.1, 0.15) is 17.1 Å². The molecule has 1 atom stereocenters. The number of para-hydroxylation sites is 1. The first kappa shape index (κ1) is 25.9. The predicted octanol–water partition coefficient (Wildman–Crippen LogP) is 6.81. The molecule has 0 spiro atoms. The number of aromatic carboxylic acids is 1. The van der Waals surface area contributed by atoms with Gasteiger partial charge in [0.15, 0.2) is 5.43 Å². The Morgan fingerprint density at radius 3 is 2.38 bits per heavy atom. The van der Waals surface area contributed by atoms with Crippen molar-refractivity contribution in [2.45, 2.75) is 53.0 Å². The minimum Gasteiger partial charge on any atom is -0.478 e. The van der Waals surface area contributed by atoms with Gasteiger partial charge < -0.3 is 14.8 Å². The summed E-state index contributed by atoms with van der Waals surface area (Å²) in [5, 5.41) is 13.3. The molecule has 1 heterocycles. The van der Waals surface area contributed by atoms with Crippen LogP contribution in [0, 0.1) is 13.8 Å². The van der Waals surface area contributed by atoms with E-state index in [0.717, 1.165) is 16.7 Å². The first-order valence-corrected chi connectivity index (χ1v) is 12.2. The van der Waals surface area contributed by atoms with Crippen LogP contribution in [0.2, 0.25) is 0 Å². The van der Waals surface area contributed by atoms with Crippen molar-refractivity contribution in [3.63, 3.8) is 0 Å². The maximum absolute atomic E-state index is 13.5. The summed E-state index contributed by atoms with van der Waals surface area (Å²) in [6.07, 6.45) is 0. The fraction of sp³-hybridized carbons (Fsp3) is 0.258. The van der Waals surface area contributed by atoms with Gasteiger partial charge in [0.25, 0.3) is 0 Å². The fourth-order valence-electron chi connectivity index (χ4n) is 4.52. The molecule has 1 aromatic heterocycles. The maximum atomic E-state index is 13.5. The van der Waals surface area contributed by atoms with Crippen molar-refractivity contribution in [2.75, 3.05) is 5.32 Å². The highest BCUT2D eigenvalue weighted by Gasteiger charge is 2.27. The molecule has 0 bridgehead atoms. The average molecular weight is 498 g/mol. The van der Waals surface area contributed by atoms with Crippen LogP contribution < -0.4 is 10.7 Å². The number of hydrogen-bond donors (Lipinski definition) is 2. The Labute approximate surface area is 216 Å². The number of anilines is 1. The van der Waals surface area contributed by atoms with Crippen LogP contribution in [0.15, 0.2) is 69.9 Å². The molecule has 0 amide bonds. The molecule has 4 rings (SSSR count). The lowest BCUT2D eigenvalue weighted by Crippen LogP contribution is -2.26. The molecule has 0 saturated carbocycles. The number of ketones is 1. The van der Waals surface area contributed by atoms with E-state index in [4.69, 9.17) is 4.42 Å². The fourth-order valence-corrected chi connectivity index (χ4v) is 4.52. The number of aryl methyl sites for hydroxylation is 1. The second-order valence-electron chi connectivity index (χ2n) is 10.1. The summed E-state index contributed by atoms with van der Waals surface area (Å²) in [5.74, 6) is -0.537. The Hall–Kier alpha value is -4.19. The molecule has 3 aromatic carbocycles. The molecule has 0 fully saturated rings. The molecule has 6 heteroatoms. The molecule has 0 unspecified atom stereocenters. The molecule has 6 nitrogen and oxygen atoms in total. The first-order chi connectivity index (χ1) is 17.4. The third kappa shape index (κ3) is 4.79. The molecule has 4 aromatic rings. The van der Waals surface area contributed by atoms with E-state index in [0.29, 0.717) is 33.5 Å². The average Bonchev–Trinajstić information content (AvgIpc) is 2.86. The molecule has 0 saturated heterocycles. The number of benzene rings is 3. The zero-order valence-corrected chi connectivity index (χ0v) is 21.9. The molecule has 190 valence electrons. The number of hydrogen-bond acceptors (Lipinski definition) is 5. The van der Waals surface area contributed by atoms with Crippen LogP contribution in [0.4, 0.5) is 5.69 Å². The number of carboxylic acids is 1. The molecule has 0 aliphatic heterocycles. The predicted molar refractivity (Wildman–Crippen MR) is 147 cm³/mol. The SMILES string of the molecule is CC(=O)C(C)(C)c1cccc(-c2oc3c([C@@H](C)Nc4ccccc4C(=O)O)cc(C)cc3c(=O)c2C)c1. The number of carboxylic acid groups (broad SMARTS) is 1. The lowest BCUT2D eigenvalue weighted by Gasteiger charge is -2.23. The van der Waals surface area contributed by atoms with Crippen LogP contribution >= 0.6 is 0 Å². The van der Waals surface area contributed by atoms with Gasteiger partial charge >= 0.3 is 5.97 Å². The minimum atomic E-state index is -1.03. The van der Waals surface area contributed by atoms with E-state index < -0.39 is 11.4 Å². The van der Waals surface area contributed by atoms with Crippen molar-refractivity contribution < 1.29 is 19.1 Å². The topological polar surface area (TPSA) is 96.6 Å². The van der Waals surface area contributed by atoms with E-state index in [1.807, 2.05) is 64.1 Å². The van der Waals surface area contributed by atoms with Crippen LogP contribution in [0.25, 0.3) is 22.3 Å². The van der Waals surface area contributed by atoms with Gasteiger partial charge in [0.05, 0.1) is 17.0 Å². The summed E-state index contributed by atoms with van der Waals surface area (Å²) >= 11 is 0. The lowest BCUT2D eigenvalue weighted by molar-refractivity contribution is -0.121. The number of Topliss-reactive ketones (excluding diaryl/α,β-unsaturated/α-hetero) is 1. The second-order valence-corrected chi connectivity index (χ2v) is 10.1. The van der Waals surface area contributed by atoms with Crippen LogP contribution in [-0.2, 0) is 10.2 Å². The van der Waals surface area contributed by atoms with Crippen molar-refractivity contribution >= 4 is 28.4 Å². The number of rotatable bonds is 7. The number of fused-ring (bicyclic) bond motifs is 1. The Morgan fingerprint density at radius 2 is 1.70 bits per heavy atom. The Balaban J connectivity index is 1.90. The van der Waals surface area contributed by atoms with Gasteiger partial charge in [0.2, 0.25) is 0 Å². The van der Waals surface area contributed by atoms with E-state index in [-0.39, 0.29) is 22.8 Å². The van der Waals surface area contributed by atoms with Gasteiger partial charge in [-0.15, -0.1) is 0 Å². The Bertz CT molecular complexity index is 1600. The number of nitrogens with one attached hydrogen (secondary N) is 1. The van der Waals surface area contributed by atoms with E-state index in [1.54, 1.807) is 38.1 Å². The highest BCUT2D eigenvalue weighted by atomic mass is 16.4. The molecule has 0 aliphatic rings. The van der Waals surface area contributed by atoms with Gasteiger partial charge in [0, 0.05) is 27.8 Å². The molecule has 2 N–H and O–H groups in total. The monoisotopic (exact) mass is 497 g/mol. The number of carbonyl (C=O) groups is 2. The van der Waals surface area contributed by atoms with Crippen LogP contribution in [0.3, 0.4) is 0 Å². The Morgan fingerprint density at radius 1 is 1.00 bits per heavy atom. The van der Waals surface area contributed by atoms with Gasteiger partial charge in [-0.25, -0.2) is 4.79 Å². The molecular formula is C31H31NO5. The summed E-state index contributed by atoms with van der Waals surface area (Å²) in [5.41, 5.74) is 3.95.